The third kappa shape index (κ3) is 3.96. The summed E-state index contributed by atoms with van der Waals surface area (Å²) < 4.78 is 23.5. The summed E-state index contributed by atoms with van der Waals surface area (Å²) in [5, 5.41) is 0.243. The number of benzene rings is 1. The zero-order valence-electron chi connectivity index (χ0n) is 9.08. The Hall–Kier alpha value is -0.840. The van der Waals surface area contributed by atoms with Gasteiger partial charge >= 0.3 is 0 Å². The van der Waals surface area contributed by atoms with Crippen LogP contribution in [0.15, 0.2) is 18.2 Å². The molecule has 0 saturated heterocycles. The van der Waals surface area contributed by atoms with Gasteiger partial charge in [0, 0.05) is 13.2 Å². The van der Waals surface area contributed by atoms with Crippen LogP contribution < -0.4 is 10.5 Å². The standard InChI is InChI=1S/C11H15ClFNO2/c1-2-15-9(6-14)7-16-11-4-3-8(13)5-10(11)12/h3-5,9H,2,6-7,14H2,1H3. The van der Waals surface area contributed by atoms with Crippen LogP contribution in [0.2, 0.25) is 5.02 Å². The topological polar surface area (TPSA) is 44.5 Å². The maximum Gasteiger partial charge on any atom is 0.138 e. The Bertz CT molecular complexity index is 336. The van der Waals surface area contributed by atoms with Crippen LogP contribution in [-0.2, 0) is 4.74 Å². The van der Waals surface area contributed by atoms with Crippen LogP contribution >= 0.6 is 11.6 Å². The van der Waals surface area contributed by atoms with E-state index in [0.717, 1.165) is 0 Å². The van der Waals surface area contributed by atoms with Gasteiger partial charge in [0.25, 0.3) is 0 Å². The van der Waals surface area contributed by atoms with Gasteiger partial charge in [0.2, 0.25) is 0 Å². The Kier molecular flexibility index (Phi) is 5.52. The molecule has 0 aliphatic rings. The lowest BCUT2D eigenvalue weighted by Crippen LogP contribution is -2.30. The van der Waals surface area contributed by atoms with Crippen LogP contribution in [0.3, 0.4) is 0 Å². The second kappa shape index (κ2) is 6.68. The maximum atomic E-state index is 12.7. The summed E-state index contributed by atoms with van der Waals surface area (Å²) >= 11 is 5.80. The lowest BCUT2D eigenvalue weighted by atomic mass is 10.3. The van der Waals surface area contributed by atoms with E-state index in [1.807, 2.05) is 6.92 Å². The molecule has 0 saturated carbocycles. The van der Waals surface area contributed by atoms with E-state index < -0.39 is 5.82 Å². The molecule has 0 radical (unpaired) electrons. The predicted molar refractivity (Wildman–Crippen MR) is 61.4 cm³/mol. The Morgan fingerprint density at radius 3 is 2.81 bits per heavy atom. The van der Waals surface area contributed by atoms with Crippen LogP contribution in [0.1, 0.15) is 6.92 Å². The maximum absolute atomic E-state index is 12.7. The number of halogens is 2. The molecule has 2 N–H and O–H groups in total. The molecule has 0 bridgehead atoms. The van der Waals surface area contributed by atoms with Gasteiger partial charge in [-0.2, -0.15) is 0 Å². The minimum absolute atomic E-state index is 0.175. The Balaban J connectivity index is 2.53. The monoisotopic (exact) mass is 247 g/mol. The first-order valence-corrected chi connectivity index (χ1v) is 5.44. The van der Waals surface area contributed by atoms with Crippen LogP contribution in [0.5, 0.6) is 5.75 Å². The van der Waals surface area contributed by atoms with E-state index in [2.05, 4.69) is 0 Å². The van der Waals surface area contributed by atoms with Gasteiger partial charge in [0.1, 0.15) is 24.3 Å². The smallest absolute Gasteiger partial charge is 0.138 e. The molecule has 0 aliphatic carbocycles. The highest BCUT2D eigenvalue weighted by Crippen LogP contribution is 2.24. The molecule has 1 atom stereocenters. The first kappa shape index (κ1) is 13.2. The highest BCUT2D eigenvalue weighted by atomic mass is 35.5. The van der Waals surface area contributed by atoms with E-state index in [9.17, 15) is 4.39 Å². The third-order valence-corrected chi connectivity index (χ3v) is 2.28. The quantitative estimate of drug-likeness (QED) is 0.838. The van der Waals surface area contributed by atoms with Gasteiger partial charge in [-0.25, -0.2) is 4.39 Å². The summed E-state index contributed by atoms with van der Waals surface area (Å²) in [7, 11) is 0. The van der Waals surface area contributed by atoms with Gasteiger partial charge in [-0.05, 0) is 25.1 Å². The van der Waals surface area contributed by atoms with Crippen molar-refractivity contribution < 1.29 is 13.9 Å². The van der Waals surface area contributed by atoms with Crippen molar-refractivity contribution in [2.45, 2.75) is 13.0 Å². The lowest BCUT2D eigenvalue weighted by Gasteiger charge is -2.16. The summed E-state index contributed by atoms with van der Waals surface area (Å²) in [6.07, 6.45) is -0.175. The zero-order valence-corrected chi connectivity index (χ0v) is 9.84. The predicted octanol–water partition coefficient (Wildman–Crippen LogP) is 2.22. The molecule has 1 unspecified atom stereocenters. The van der Waals surface area contributed by atoms with Crippen molar-refractivity contribution in [2.24, 2.45) is 5.73 Å². The third-order valence-electron chi connectivity index (χ3n) is 1.98. The van der Waals surface area contributed by atoms with Crippen LogP contribution in [0, 0.1) is 5.82 Å². The summed E-state index contributed by atoms with van der Waals surface area (Å²) in [5.41, 5.74) is 5.49. The highest BCUT2D eigenvalue weighted by Gasteiger charge is 2.09. The van der Waals surface area contributed by atoms with Crippen molar-refractivity contribution in [1.82, 2.24) is 0 Å². The normalized spacial score (nSPS) is 12.5. The number of rotatable bonds is 6. The number of hydrogen-bond acceptors (Lipinski definition) is 3. The SMILES string of the molecule is CCOC(CN)COc1ccc(F)cc1Cl. The van der Waals surface area contributed by atoms with Crippen LogP contribution in [0.25, 0.3) is 0 Å². The average molecular weight is 248 g/mol. The second-order valence-electron chi connectivity index (χ2n) is 3.20. The zero-order chi connectivity index (χ0) is 12.0. The van der Waals surface area contributed by atoms with Gasteiger partial charge in [0.05, 0.1) is 5.02 Å². The van der Waals surface area contributed by atoms with Gasteiger partial charge in [-0.3, -0.25) is 0 Å². The summed E-state index contributed by atoms with van der Waals surface area (Å²) in [6.45, 7) is 3.12. The Morgan fingerprint density at radius 2 is 2.25 bits per heavy atom. The first-order chi connectivity index (χ1) is 7.67. The summed E-state index contributed by atoms with van der Waals surface area (Å²) in [4.78, 5) is 0. The van der Waals surface area contributed by atoms with Gasteiger partial charge in [-0.15, -0.1) is 0 Å². The molecule has 5 heteroatoms. The molecule has 90 valence electrons. The molecule has 0 aromatic heterocycles. The summed E-state index contributed by atoms with van der Waals surface area (Å²) in [6, 6.07) is 3.98. The highest BCUT2D eigenvalue weighted by molar-refractivity contribution is 6.32. The number of hydrogen-bond donors (Lipinski definition) is 1. The minimum Gasteiger partial charge on any atom is -0.489 e. The molecule has 0 fully saturated rings. The molecule has 0 amide bonds. The molecule has 0 spiro atoms. The van der Waals surface area contributed by atoms with E-state index in [4.69, 9.17) is 26.8 Å². The van der Waals surface area contributed by atoms with Crippen LogP contribution in [-0.4, -0.2) is 25.9 Å². The fraction of sp³-hybridized carbons (Fsp3) is 0.455. The van der Waals surface area contributed by atoms with E-state index >= 15 is 0 Å². The molecule has 16 heavy (non-hydrogen) atoms. The number of nitrogens with two attached hydrogens (primary N) is 1. The fourth-order valence-electron chi connectivity index (χ4n) is 1.19. The van der Waals surface area contributed by atoms with E-state index in [1.165, 1.54) is 18.2 Å². The molecular formula is C11H15ClFNO2. The largest absolute Gasteiger partial charge is 0.489 e. The molecule has 1 aromatic carbocycles. The first-order valence-electron chi connectivity index (χ1n) is 5.07. The molecule has 1 rings (SSSR count). The van der Waals surface area contributed by atoms with Crippen molar-refractivity contribution in [3.05, 3.63) is 29.0 Å². The molecule has 0 heterocycles. The lowest BCUT2D eigenvalue weighted by molar-refractivity contribution is 0.0337. The average Bonchev–Trinajstić information content (AvgIpc) is 2.26. The van der Waals surface area contributed by atoms with E-state index in [0.29, 0.717) is 25.5 Å². The van der Waals surface area contributed by atoms with E-state index in [-0.39, 0.29) is 11.1 Å². The Morgan fingerprint density at radius 1 is 1.50 bits per heavy atom. The molecule has 3 nitrogen and oxygen atoms in total. The Labute approximate surface area is 99.3 Å². The van der Waals surface area contributed by atoms with Gasteiger partial charge < -0.3 is 15.2 Å². The fourth-order valence-corrected chi connectivity index (χ4v) is 1.42. The minimum atomic E-state index is -0.391. The second-order valence-corrected chi connectivity index (χ2v) is 3.61. The van der Waals surface area contributed by atoms with Crippen LogP contribution in [0.4, 0.5) is 4.39 Å². The van der Waals surface area contributed by atoms with Crippen molar-refractivity contribution in [3.63, 3.8) is 0 Å². The van der Waals surface area contributed by atoms with Crippen molar-refractivity contribution >= 4 is 11.6 Å². The van der Waals surface area contributed by atoms with Gasteiger partial charge in [-0.1, -0.05) is 11.6 Å². The molecule has 1 aromatic rings. The van der Waals surface area contributed by atoms with Gasteiger partial charge in [0.15, 0.2) is 0 Å². The van der Waals surface area contributed by atoms with Crippen molar-refractivity contribution in [1.29, 1.82) is 0 Å². The van der Waals surface area contributed by atoms with E-state index in [1.54, 1.807) is 0 Å². The van der Waals surface area contributed by atoms with Crippen molar-refractivity contribution in [2.75, 3.05) is 19.8 Å². The van der Waals surface area contributed by atoms with Crippen molar-refractivity contribution in [3.8, 4) is 5.75 Å². The molecule has 0 aliphatic heterocycles. The number of ether oxygens (including phenoxy) is 2. The summed E-state index contributed by atoms with van der Waals surface area (Å²) in [5.74, 6) is 0.0405. The molecular weight excluding hydrogens is 233 g/mol.